The summed E-state index contributed by atoms with van der Waals surface area (Å²) in [5.74, 6) is 4.36. The Morgan fingerprint density at radius 1 is 0.879 bits per heavy atom. The Labute approximate surface area is 194 Å². The molecule has 0 unspecified atom stereocenters. The van der Waals surface area contributed by atoms with Gasteiger partial charge in [0.15, 0.2) is 0 Å². The van der Waals surface area contributed by atoms with Crippen molar-refractivity contribution in [2.24, 2.45) is 0 Å². The first-order valence-corrected chi connectivity index (χ1v) is 11.0. The topological polar surface area (TPSA) is 38.9 Å². The van der Waals surface area contributed by atoms with Crippen molar-refractivity contribution in [1.82, 2.24) is 9.97 Å². The highest BCUT2D eigenvalue weighted by atomic mass is 16.3. The lowest BCUT2D eigenvalue weighted by Crippen LogP contribution is -2.03. The van der Waals surface area contributed by atoms with Gasteiger partial charge in [0.25, 0.3) is 0 Å². The summed E-state index contributed by atoms with van der Waals surface area (Å²) >= 11 is 0. The van der Waals surface area contributed by atoms with E-state index in [1.54, 1.807) is 0 Å². The fraction of sp³-hybridized carbons (Fsp3) is 0.133. The number of aryl methyl sites for hydroxylation is 2. The molecule has 2 heterocycles. The molecule has 3 nitrogen and oxygen atoms in total. The molecule has 33 heavy (non-hydrogen) atoms. The van der Waals surface area contributed by atoms with Crippen LogP contribution in [-0.2, 0) is 12.8 Å². The van der Waals surface area contributed by atoms with Crippen molar-refractivity contribution in [3.05, 3.63) is 118 Å². The Kier molecular flexibility index (Phi) is 5.50. The minimum Gasteiger partial charge on any atom is -0.456 e. The summed E-state index contributed by atoms with van der Waals surface area (Å²) < 4.78 is 6.08. The van der Waals surface area contributed by atoms with Crippen LogP contribution < -0.4 is 0 Å². The summed E-state index contributed by atoms with van der Waals surface area (Å²) in [7, 11) is 0. The van der Waals surface area contributed by atoms with Gasteiger partial charge in [-0.1, -0.05) is 36.3 Å². The monoisotopic (exact) mass is 428 g/mol. The molecule has 160 valence electrons. The number of nitrogens with zero attached hydrogens (tertiary/aromatic N) is 2. The summed E-state index contributed by atoms with van der Waals surface area (Å²) in [5.41, 5.74) is 8.81. The van der Waals surface area contributed by atoms with Crippen LogP contribution in [-0.4, -0.2) is 9.97 Å². The molecule has 0 fully saturated rings. The minimum absolute atomic E-state index is 0.682. The number of rotatable bonds is 5. The molecule has 0 N–H and O–H groups in total. The maximum absolute atomic E-state index is 6.08. The van der Waals surface area contributed by atoms with Crippen molar-refractivity contribution in [3.8, 4) is 23.7 Å². The van der Waals surface area contributed by atoms with Gasteiger partial charge in [0.05, 0.1) is 0 Å². The van der Waals surface area contributed by atoms with E-state index in [4.69, 9.17) is 15.8 Å². The Morgan fingerprint density at radius 2 is 1.64 bits per heavy atom. The highest BCUT2D eigenvalue weighted by Gasteiger charge is 2.12. The lowest BCUT2D eigenvalue weighted by molar-refractivity contribution is 0.631. The van der Waals surface area contributed by atoms with E-state index in [-0.39, 0.29) is 0 Å². The standard InChI is InChI=1S/C30H24N2O/c1-4-22-9-11-23(12-10-22)17-30-31-14-13-26(32-30)19-27-20(2)15-25(16-21(27)3)29-18-24-7-5-6-8-28(24)33-29/h1,5-16,18H,17,19H2,2-3H3. The highest BCUT2D eigenvalue weighted by Crippen LogP contribution is 2.31. The van der Waals surface area contributed by atoms with Crippen LogP contribution in [0.25, 0.3) is 22.3 Å². The molecule has 0 spiro atoms. The lowest BCUT2D eigenvalue weighted by Gasteiger charge is -2.12. The molecule has 0 aliphatic heterocycles. The van der Waals surface area contributed by atoms with E-state index in [2.05, 4.69) is 49.0 Å². The van der Waals surface area contributed by atoms with Crippen molar-refractivity contribution in [1.29, 1.82) is 0 Å². The Morgan fingerprint density at radius 3 is 2.36 bits per heavy atom. The maximum atomic E-state index is 6.08. The molecule has 5 aromatic rings. The molecule has 0 aliphatic carbocycles. The van der Waals surface area contributed by atoms with Gasteiger partial charge in [-0.2, -0.15) is 0 Å². The third-order valence-corrected chi connectivity index (χ3v) is 6.01. The lowest BCUT2D eigenvalue weighted by atomic mass is 9.95. The number of terminal acetylenes is 1. The number of hydrogen-bond donors (Lipinski definition) is 0. The first-order valence-electron chi connectivity index (χ1n) is 11.0. The molecule has 0 bridgehead atoms. The van der Waals surface area contributed by atoms with Gasteiger partial charge in [-0.3, -0.25) is 0 Å². The van der Waals surface area contributed by atoms with E-state index in [9.17, 15) is 0 Å². The van der Waals surface area contributed by atoms with Crippen molar-refractivity contribution in [2.45, 2.75) is 26.7 Å². The molecule has 0 amide bonds. The van der Waals surface area contributed by atoms with Crippen molar-refractivity contribution in [2.75, 3.05) is 0 Å². The molecule has 0 saturated carbocycles. The van der Waals surface area contributed by atoms with Gasteiger partial charge in [-0.25, -0.2) is 9.97 Å². The second-order valence-corrected chi connectivity index (χ2v) is 8.40. The molecular formula is C30H24N2O. The van der Waals surface area contributed by atoms with Crippen LogP contribution >= 0.6 is 0 Å². The third-order valence-electron chi connectivity index (χ3n) is 6.01. The second-order valence-electron chi connectivity index (χ2n) is 8.40. The van der Waals surface area contributed by atoms with E-state index in [0.29, 0.717) is 6.42 Å². The summed E-state index contributed by atoms with van der Waals surface area (Å²) in [6.45, 7) is 4.31. The van der Waals surface area contributed by atoms with Crippen LogP contribution in [0.1, 0.15) is 39.3 Å². The van der Waals surface area contributed by atoms with Crippen molar-refractivity contribution < 1.29 is 4.42 Å². The van der Waals surface area contributed by atoms with Gasteiger partial charge >= 0.3 is 0 Å². The summed E-state index contributed by atoms with van der Waals surface area (Å²) in [6, 6.07) is 24.6. The van der Waals surface area contributed by atoms with Crippen LogP contribution in [0.5, 0.6) is 0 Å². The molecule has 3 aromatic carbocycles. The van der Waals surface area contributed by atoms with Crippen LogP contribution in [0.2, 0.25) is 0 Å². The van der Waals surface area contributed by atoms with Crippen molar-refractivity contribution >= 4 is 11.0 Å². The smallest absolute Gasteiger partial charge is 0.135 e. The summed E-state index contributed by atoms with van der Waals surface area (Å²) in [4.78, 5) is 9.30. The Balaban J connectivity index is 1.39. The Hall–Kier alpha value is -4.16. The van der Waals surface area contributed by atoms with Gasteiger partial charge < -0.3 is 4.42 Å². The number of hydrogen-bond acceptors (Lipinski definition) is 3. The minimum atomic E-state index is 0.682. The highest BCUT2D eigenvalue weighted by molar-refractivity contribution is 5.83. The van der Waals surface area contributed by atoms with Gasteiger partial charge in [-0.05, 0) is 78.6 Å². The zero-order valence-electron chi connectivity index (χ0n) is 18.8. The quantitative estimate of drug-likeness (QED) is 0.294. The van der Waals surface area contributed by atoms with Crippen LogP contribution in [0.3, 0.4) is 0 Å². The average Bonchev–Trinajstić information content (AvgIpc) is 3.27. The van der Waals surface area contributed by atoms with Gasteiger partial charge in [0.2, 0.25) is 0 Å². The van der Waals surface area contributed by atoms with E-state index in [1.807, 2.05) is 54.7 Å². The molecular weight excluding hydrogens is 404 g/mol. The van der Waals surface area contributed by atoms with E-state index >= 15 is 0 Å². The number of fused-ring (bicyclic) bond motifs is 1. The molecule has 0 saturated heterocycles. The molecule has 2 aromatic heterocycles. The molecule has 0 aliphatic rings. The van der Waals surface area contributed by atoms with E-state index < -0.39 is 0 Å². The average molecular weight is 429 g/mol. The van der Waals surface area contributed by atoms with E-state index in [0.717, 1.165) is 51.4 Å². The third kappa shape index (κ3) is 4.42. The SMILES string of the molecule is C#Cc1ccc(Cc2nccc(Cc3c(C)cc(-c4cc5ccccc5o4)cc3C)n2)cc1. The number of para-hydroxylation sites is 1. The fourth-order valence-corrected chi connectivity index (χ4v) is 4.25. The zero-order chi connectivity index (χ0) is 22.8. The Bertz CT molecular complexity index is 1430. The molecule has 0 radical (unpaired) electrons. The summed E-state index contributed by atoms with van der Waals surface area (Å²) in [6.07, 6.45) is 8.75. The van der Waals surface area contributed by atoms with Crippen LogP contribution in [0.4, 0.5) is 0 Å². The number of furan rings is 1. The number of aromatic nitrogens is 2. The first kappa shape index (κ1) is 20.7. The van der Waals surface area contributed by atoms with E-state index in [1.165, 1.54) is 16.7 Å². The van der Waals surface area contributed by atoms with Gasteiger partial charge in [0, 0.05) is 41.2 Å². The molecule has 3 heteroatoms. The van der Waals surface area contributed by atoms with Crippen LogP contribution in [0.15, 0.2) is 83.4 Å². The van der Waals surface area contributed by atoms with Crippen LogP contribution in [0, 0.1) is 26.2 Å². The molecule has 5 rings (SSSR count). The van der Waals surface area contributed by atoms with Gasteiger partial charge in [-0.15, -0.1) is 6.42 Å². The zero-order valence-corrected chi connectivity index (χ0v) is 18.8. The predicted molar refractivity (Wildman–Crippen MR) is 133 cm³/mol. The number of benzene rings is 3. The van der Waals surface area contributed by atoms with Gasteiger partial charge in [0.1, 0.15) is 17.2 Å². The first-order chi connectivity index (χ1) is 16.1. The predicted octanol–water partition coefficient (Wildman–Crippen LogP) is 6.67. The maximum Gasteiger partial charge on any atom is 0.135 e. The normalized spacial score (nSPS) is 10.9. The molecule has 0 atom stereocenters. The largest absolute Gasteiger partial charge is 0.456 e. The fourth-order valence-electron chi connectivity index (χ4n) is 4.25. The summed E-state index contributed by atoms with van der Waals surface area (Å²) in [5, 5.41) is 1.12. The second kappa shape index (κ2) is 8.76. The van der Waals surface area contributed by atoms with Crippen molar-refractivity contribution in [3.63, 3.8) is 0 Å².